The molecule has 2 heterocycles. The molecule has 170 valence electrons. The number of hydrogen-bond donors (Lipinski definition) is 5. The number of hydrogen-bond acceptors (Lipinski definition) is 6. The maximum Gasteiger partial charge on any atom is 0.317 e. The summed E-state index contributed by atoms with van der Waals surface area (Å²) in [5.41, 5.74) is 5.49. The van der Waals surface area contributed by atoms with E-state index in [1.165, 1.54) is 11.3 Å². The SMILES string of the molecule is N=C(N)c1ccc(CNC(=O)[C@@H]2CCCN2C(=O)[C@H](NCC(=O)O)C2CCCCC2)s1. The molecule has 2 amide bonds. The van der Waals surface area contributed by atoms with Crippen molar-refractivity contribution in [1.29, 1.82) is 5.41 Å². The van der Waals surface area contributed by atoms with Gasteiger partial charge in [-0.05, 0) is 43.7 Å². The first kappa shape index (κ1) is 23.2. The van der Waals surface area contributed by atoms with Gasteiger partial charge in [-0.2, -0.15) is 0 Å². The molecule has 0 aromatic carbocycles. The maximum atomic E-state index is 13.4. The standard InChI is InChI=1S/C21H31N5O4S/c22-19(23)16-9-8-14(31-16)11-25-20(29)15-7-4-10-26(15)21(30)18(24-12-17(27)28)13-5-2-1-3-6-13/h8-9,13,15,18,24H,1-7,10-12H2,(H3,22,23)(H,25,29)(H,27,28)/t15-,18+/m0/s1. The zero-order chi connectivity index (χ0) is 22.4. The van der Waals surface area contributed by atoms with E-state index in [0.29, 0.717) is 24.4 Å². The van der Waals surface area contributed by atoms with Crippen molar-refractivity contribution in [3.05, 3.63) is 21.9 Å². The number of carbonyl (C=O) groups excluding carboxylic acids is 2. The molecule has 3 rings (SSSR count). The van der Waals surface area contributed by atoms with Crippen LogP contribution in [-0.2, 0) is 20.9 Å². The predicted molar refractivity (Wildman–Crippen MR) is 118 cm³/mol. The minimum atomic E-state index is -0.995. The second kappa shape index (κ2) is 10.7. The lowest BCUT2D eigenvalue weighted by atomic mass is 9.83. The zero-order valence-electron chi connectivity index (χ0n) is 17.6. The molecular weight excluding hydrogens is 418 g/mol. The Morgan fingerprint density at radius 2 is 1.94 bits per heavy atom. The number of nitrogens with one attached hydrogen (secondary N) is 3. The highest BCUT2D eigenvalue weighted by atomic mass is 32.1. The first-order valence-corrected chi connectivity index (χ1v) is 11.6. The van der Waals surface area contributed by atoms with Crippen LogP contribution in [0.3, 0.4) is 0 Å². The van der Waals surface area contributed by atoms with E-state index in [1.807, 2.05) is 6.07 Å². The first-order chi connectivity index (χ1) is 14.9. The lowest BCUT2D eigenvalue weighted by Gasteiger charge is -2.34. The fourth-order valence-electron chi connectivity index (χ4n) is 4.51. The summed E-state index contributed by atoms with van der Waals surface area (Å²) in [6.07, 6.45) is 6.34. The third kappa shape index (κ3) is 6.04. The van der Waals surface area contributed by atoms with Gasteiger partial charge in [-0.1, -0.05) is 19.3 Å². The normalized spacial score (nSPS) is 20.4. The minimum absolute atomic E-state index is 0.00208. The lowest BCUT2D eigenvalue weighted by Crippen LogP contribution is -2.55. The van der Waals surface area contributed by atoms with Crippen LogP contribution >= 0.6 is 11.3 Å². The van der Waals surface area contributed by atoms with Crippen LogP contribution in [0.25, 0.3) is 0 Å². The number of rotatable bonds is 9. The minimum Gasteiger partial charge on any atom is -0.480 e. The summed E-state index contributed by atoms with van der Waals surface area (Å²) in [4.78, 5) is 40.5. The summed E-state index contributed by atoms with van der Waals surface area (Å²) >= 11 is 1.36. The van der Waals surface area contributed by atoms with Crippen LogP contribution < -0.4 is 16.4 Å². The molecular formula is C21H31N5O4S. The Kier molecular flexibility index (Phi) is 8.03. The van der Waals surface area contributed by atoms with E-state index in [0.717, 1.165) is 43.4 Å². The van der Waals surface area contributed by atoms with Crippen molar-refractivity contribution >= 4 is 35.0 Å². The zero-order valence-corrected chi connectivity index (χ0v) is 18.4. The third-order valence-corrected chi connectivity index (χ3v) is 7.18. The molecule has 6 N–H and O–H groups in total. The van der Waals surface area contributed by atoms with E-state index >= 15 is 0 Å². The Morgan fingerprint density at radius 1 is 1.19 bits per heavy atom. The molecule has 1 aliphatic heterocycles. The average molecular weight is 450 g/mol. The Bertz CT molecular complexity index is 820. The van der Waals surface area contributed by atoms with Gasteiger partial charge in [0, 0.05) is 11.4 Å². The van der Waals surface area contributed by atoms with Crippen LogP contribution in [0.1, 0.15) is 54.7 Å². The van der Waals surface area contributed by atoms with Gasteiger partial charge in [0.15, 0.2) is 0 Å². The number of carboxylic acid groups (broad SMARTS) is 1. The number of nitrogen functional groups attached to an aromatic ring is 1. The summed E-state index contributed by atoms with van der Waals surface area (Å²) < 4.78 is 0. The summed E-state index contributed by atoms with van der Waals surface area (Å²) in [6, 6.07) is 2.47. The molecule has 1 aliphatic carbocycles. The van der Waals surface area contributed by atoms with Gasteiger partial charge in [0.2, 0.25) is 11.8 Å². The van der Waals surface area contributed by atoms with E-state index in [4.69, 9.17) is 16.2 Å². The van der Waals surface area contributed by atoms with Crippen LogP contribution in [0.15, 0.2) is 12.1 Å². The van der Waals surface area contributed by atoms with Gasteiger partial charge in [-0.25, -0.2) is 0 Å². The molecule has 2 aliphatic rings. The second-order valence-electron chi connectivity index (χ2n) is 8.24. The highest BCUT2D eigenvalue weighted by molar-refractivity contribution is 7.14. The Labute approximate surface area is 185 Å². The summed E-state index contributed by atoms with van der Waals surface area (Å²) in [7, 11) is 0. The fraction of sp³-hybridized carbons (Fsp3) is 0.619. The van der Waals surface area contributed by atoms with Gasteiger partial charge in [-0.15, -0.1) is 11.3 Å². The summed E-state index contributed by atoms with van der Waals surface area (Å²) in [5.74, 6) is -1.27. The molecule has 0 radical (unpaired) electrons. The molecule has 1 saturated heterocycles. The Morgan fingerprint density at radius 3 is 2.58 bits per heavy atom. The number of carbonyl (C=O) groups is 3. The number of likely N-dealkylation sites (tertiary alicyclic amines) is 1. The van der Waals surface area contributed by atoms with E-state index in [2.05, 4.69) is 10.6 Å². The number of amidine groups is 1. The van der Waals surface area contributed by atoms with Crippen molar-refractivity contribution in [2.45, 2.75) is 63.6 Å². The van der Waals surface area contributed by atoms with Crippen molar-refractivity contribution in [3.63, 3.8) is 0 Å². The number of carboxylic acids is 1. The molecule has 2 fully saturated rings. The van der Waals surface area contributed by atoms with Gasteiger partial charge < -0.3 is 21.1 Å². The lowest BCUT2D eigenvalue weighted by molar-refractivity contribution is -0.142. The summed E-state index contributed by atoms with van der Waals surface area (Å²) in [5, 5.41) is 22.4. The van der Waals surface area contributed by atoms with Gasteiger partial charge in [-0.3, -0.25) is 25.1 Å². The summed E-state index contributed by atoms with van der Waals surface area (Å²) in [6.45, 7) is 0.551. The average Bonchev–Trinajstić information content (AvgIpc) is 3.42. The molecule has 1 saturated carbocycles. The topological polar surface area (TPSA) is 149 Å². The van der Waals surface area contributed by atoms with Crippen LogP contribution in [0.4, 0.5) is 0 Å². The van der Waals surface area contributed by atoms with E-state index in [-0.39, 0.29) is 30.1 Å². The largest absolute Gasteiger partial charge is 0.480 e. The smallest absolute Gasteiger partial charge is 0.317 e. The molecule has 1 aromatic rings. The monoisotopic (exact) mass is 449 g/mol. The van der Waals surface area contributed by atoms with Crippen molar-refractivity contribution in [1.82, 2.24) is 15.5 Å². The maximum absolute atomic E-state index is 13.4. The van der Waals surface area contributed by atoms with Gasteiger partial charge in [0.05, 0.1) is 24.0 Å². The molecule has 0 unspecified atom stereocenters. The van der Waals surface area contributed by atoms with Crippen molar-refractivity contribution in [2.75, 3.05) is 13.1 Å². The highest BCUT2D eigenvalue weighted by Crippen LogP contribution is 2.29. The molecule has 1 aromatic heterocycles. The quantitative estimate of drug-likeness (QED) is 0.283. The highest BCUT2D eigenvalue weighted by Gasteiger charge is 2.39. The van der Waals surface area contributed by atoms with Crippen LogP contribution in [0, 0.1) is 11.3 Å². The van der Waals surface area contributed by atoms with Crippen molar-refractivity contribution < 1.29 is 19.5 Å². The fourth-order valence-corrected chi connectivity index (χ4v) is 5.32. The van der Waals surface area contributed by atoms with Crippen LogP contribution in [0.2, 0.25) is 0 Å². The molecule has 9 nitrogen and oxygen atoms in total. The molecule has 0 bridgehead atoms. The number of nitrogens with two attached hydrogens (primary N) is 1. The van der Waals surface area contributed by atoms with E-state index in [9.17, 15) is 14.4 Å². The number of aliphatic carboxylic acids is 1. The van der Waals surface area contributed by atoms with Crippen LogP contribution in [0.5, 0.6) is 0 Å². The van der Waals surface area contributed by atoms with E-state index < -0.39 is 18.1 Å². The van der Waals surface area contributed by atoms with Gasteiger partial charge in [0.1, 0.15) is 11.9 Å². The van der Waals surface area contributed by atoms with Crippen molar-refractivity contribution in [2.24, 2.45) is 11.7 Å². The van der Waals surface area contributed by atoms with Gasteiger partial charge in [0.25, 0.3) is 0 Å². The Hall–Kier alpha value is -2.46. The third-order valence-electron chi connectivity index (χ3n) is 6.06. The first-order valence-electron chi connectivity index (χ1n) is 10.8. The number of amides is 2. The van der Waals surface area contributed by atoms with Crippen molar-refractivity contribution in [3.8, 4) is 0 Å². The Balaban J connectivity index is 1.64. The number of thiophene rings is 1. The molecule has 0 spiro atoms. The van der Waals surface area contributed by atoms with Gasteiger partial charge >= 0.3 is 5.97 Å². The molecule has 31 heavy (non-hydrogen) atoms. The number of nitrogens with zero attached hydrogens (tertiary/aromatic N) is 1. The molecule has 2 atom stereocenters. The van der Waals surface area contributed by atoms with E-state index in [1.54, 1.807) is 11.0 Å². The van der Waals surface area contributed by atoms with Crippen LogP contribution in [-0.4, -0.2) is 58.8 Å². The molecule has 10 heteroatoms. The predicted octanol–water partition coefficient (Wildman–Crippen LogP) is 1.26. The second-order valence-corrected chi connectivity index (χ2v) is 9.41.